The number of carbonyl (C=O) groups excluding carboxylic acids is 1. The SMILES string of the molecule is COC(=O)[C@@H](Br)[C@H](c1ccc(OC)c(OC)c1)c1ccc(OC)c(OC)c1OC. The molecule has 7 nitrogen and oxygen atoms in total. The zero-order chi connectivity index (χ0) is 21.6. The van der Waals surface area contributed by atoms with Gasteiger partial charge in [-0.1, -0.05) is 28.1 Å². The summed E-state index contributed by atoms with van der Waals surface area (Å²) >= 11 is 3.50. The van der Waals surface area contributed by atoms with Crippen molar-refractivity contribution in [1.82, 2.24) is 0 Å². The molecular weight excluding hydrogens is 444 g/mol. The van der Waals surface area contributed by atoms with Crippen LogP contribution in [-0.2, 0) is 9.53 Å². The van der Waals surface area contributed by atoms with Crippen LogP contribution in [0.1, 0.15) is 17.0 Å². The number of ether oxygens (including phenoxy) is 6. The molecule has 0 saturated heterocycles. The monoisotopic (exact) mass is 468 g/mol. The molecule has 0 amide bonds. The van der Waals surface area contributed by atoms with E-state index in [9.17, 15) is 4.79 Å². The van der Waals surface area contributed by atoms with Gasteiger partial charge in [0.05, 0.1) is 42.7 Å². The lowest BCUT2D eigenvalue weighted by Crippen LogP contribution is -2.25. The smallest absolute Gasteiger partial charge is 0.320 e. The van der Waals surface area contributed by atoms with Gasteiger partial charge in [-0.2, -0.15) is 0 Å². The second-order valence-corrected chi connectivity index (χ2v) is 6.93. The van der Waals surface area contributed by atoms with E-state index < -0.39 is 16.7 Å². The molecule has 0 aliphatic carbocycles. The van der Waals surface area contributed by atoms with E-state index in [1.165, 1.54) is 21.3 Å². The first-order valence-electron chi connectivity index (χ1n) is 8.69. The van der Waals surface area contributed by atoms with Crippen LogP contribution in [0.3, 0.4) is 0 Å². The Morgan fingerprint density at radius 3 is 1.86 bits per heavy atom. The quantitative estimate of drug-likeness (QED) is 0.409. The Morgan fingerprint density at radius 2 is 1.34 bits per heavy atom. The lowest BCUT2D eigenvalue weighted by atomic mass is 9.87. The van der Waals surface area contributed by atoms with Gasteiger partial charge >= 0.3 is 5.97 Å². The van der Waals surface area contributed by atoms with Gasteiger partial charge in [0.25, 0.3) is 0 Å². The van der Waals surface area contributed by atoms with Crippen molar-refractivity contribution in [3.05, 3.63) is 41.5 Å². The van der Waals surface area contributed by atoms with Crippen molar-refractivity contribution in [3.8, 4) is 28.7 Å². The molecule has 0 fully saturated rings. The van der Waals surface area contributed by atoms with Gasteiger partial charge in [-0.05, 0) is 23.8 Å². The Kier molecular flexibility index (Phi) is 8.01. The van der Waals surface area contributed by atoms with Gasteiger partial charge in [-0.3, -0.25) is 4.79 Å². The molecule has 2 atom stereocenters. The molecule has 0 unspecified atom stereocenters. The van der Waals surface area contributed by atoms with E-state index in [2.05, 4.69) is 15.9 Å². The highest BCUT2D eigenvalue weighted by molar-refractivity contribution is 9.10. The number of rotatable bonds is 9. The van der Waals surface area contributed by atoms with Crippen molar-refractivity contribution in [1.29, 1.82) is 0 Å². The van der Waals surface area contributed by atoms with Crippen LogP contribution < -0.4 is 23.7 Å². The van der Waals surface area contributed by atoms with Crippen molar-refractivity contribution >= 4 is 21.9 Å². The van der Waals surface area contributed by atoms with E-state index in [0.717, 1.165) is 5.56 Å². The van der Waals surface area contributed by atoms with Gasteiger partial charge in [-0.15, -0.1) is 0 Å². The maximum Gasteiger partial charge on any atom is 0.320 e. The Morgan fingerprint density at radius 1 is 0.759 bits per heavy atom. The molecule has 0 aromatic heterocycles. The molecule has 2 rings (SSSR count). The minimum Gasteiger partial charge on any atom is -0.493 e. The average molecular weight is 469 g/mol. The third-order valence-corrected chi connectivity index (χ3v) is 5.46. The number of carbonyl (C=O) groups is 1. The topological polar surface area (TPSA) is 72.5 Å². The zero-order valence-corrected chi connectivity index (χ0v) is 18.9. The van der Waals surface area contributed by atoms with Crippen LogP contribution >= 0.6 is 15.9 Å². The Hall–Kier alpha value is -2.61. The second kappa shape index (κ2) is 10.2. The van der Waals surface area contributed by atoms with E-state index in [1.54, 1.807) is 33.5 Å². The summed E-state index contributed by atoms with van der Waals surface area (Å²) in [4.78, 5) is 11.7. The van der Waals surface area contributed by atoms with Crippen LogP contribution in [0.2, 0.25) is 0 Å². The molecule has 0 heterocycles. The Bertz CT molecular complexity index is 853. The van der Waals surface area contributed by atoms with Crippen molar-refractivity contribution in [2.75, 3.05) is 42.7 Å². The summed E-state index contributed by atoms with van der Waals surface area (Å²) in [5.74, 6) is 1.63. The van der Waals surface area contributed by atoms with Crippen LogP contribution in [0, 0.1) is 0 Å². The number of esters is 1. The van der Waals surface area contributed by atoms with Crippen molar-refractivity contribution < 1.29 is 33.2 Å². The number of alkyl halides is 1. The van der Waals surface area contributed by atoms with Gasteiger partial charge in [-0.25, -0.2) is 0 Å². The fraction of sp³-hybridized carbons (Fsp3) is 0.381. The summed E-state index contributed by atoms with van der Waals surface area (Å²) in [7, 11) is 9.07. The fourth-order valence-electron chi connectivity index (χ4n) is 3.17. The maximum atomic E-state index is 12.4. The Labute approximate surface area is 178 Å². The van der Waals surface area contributed by atoms with Crippen molar-refractivity contribution in [2.45, 2.75) is 10.7 Å². The summed E-state index contributed by atoms with van der Waals surface area (Å²) in [6, 6.07) is 9.06. The van der Waals surface area contributed by atoms with Crippen LogP contribution in [0.25, 0.3) is 0 Å². The summed E-state index contributed by atoms with van der Waals surface area (Å²) in [5.41, 5.74) is 1.50. The van der Waals surface area contributed by atoms with Gasteiger partial charge in [0.15, 0.2) is 23.0 Å². The van der Waals surface area contributed by atoms with Crippen LogP contribution in [-0.4, -0.2) is 53.5 Å². The molecule has 2 aromatic carbocycles. The maximum absolute atomic E-state index is 12.4. The molecule has 0 spiro atoms. The largest absolute Gasteiger partial charge is 0.493 e. The predicted molar refractivity (Wildman–Crippen MR) is 112 cm³/mol. The number of benzene rings is 2. The lowest BCUT2D eigenvalue weighted by molar-refractivity contribution is -0.140. The van der Waals surface area contributed by atoms with Gasteiger partial charge in [0.2, 0.25) is 5.75 Å². The number of hydrogen-bond donors (Lipinski definition) is 0. The van der Waals surface area contributed by atoms with E-state index in [1.807, 2.05) is 18.2 Å². The molecule has 0 aliphatic heterocycles. The molecule has 0 saturated carbocycles. The third kappa shape index (κ3) is 4.53. The van der Waals surface area contributed by atoms with E-state index in [0.29, 0.717) is 34.3 Å². The summed E-state index contributed by atoms with van der Waals surface area (Å²) in [6.45, 7) is 0. The molecule has 29 heavy (non-hydrogen) atoms. The van der Waals surface area contributed by atoms with Crippen LogP contribution in [0.4, 0.5) is 0 Å². The highest BCUT2D eigenvalue weighted by Crippen LogP contribution is 2.47. The highest BCUT2D eigenvalue weighted by Gasteiger charge is 2.34. The number of halogens is 1. The molecule has 8 heteroatoms. The highest BCUT2D eigenvalue weighted by atomic mass is 79.9. The molecule has 0 N–H and O–H groups in total. The van der Waals surface area contributed by atoms with Gasteiger partial charge < -0.3 is 28.4 Å². The molecule has 158 valence electrons. The molecule has 0 bridgehead atoms. The predicted octanol–water partition coefficient (Wildman–Crippen LogP) is 3.80. The summed E-state index contributed by atoms with van der Waals surface area (Å²) in [6.07, 6.45) is 0. The molecule has 2 aromatic rings. The summed E-state index contributed by atoms with van der Waals surface area (Å²) in [5, 5.41) is 0. The Balaban J connectivity index is 2.75. The first-order chi connectivity index (χ1) is 14.0. The summed E-state index contributed by atoms with van der Waals surface area (Å²) < 4.78 is 32.3. The fourth-order valence-corrected chi connectivity index (χ4v) is 3.95. The van der Waals surface area contributed by atoms with E-state index in [4.69, 9.17) is 28.4 Å². The minimum atomic E-state index is -0.697. The standard InChI is InChI=1S/C21H25BrO7/c1-24-14-9-7-12(11-16(14)26-3)17(18(22)21(23)29-6)13-8-10-15(25-2)20(28-5)19(13)27-4/h7-11,17-18H,1-6H3/t17-,18+/m1/s1. The number of hydrogen-bond acceptors (Lipinski definition) is 7. The van der Waals surface area contributed by atoms with Crippen molar-refractivity contribution in [2.24, 2.45) is 0 Å². The van der Waals surface area contributed by atoms with E-state index >= 15 is 0 Å². The van der Waals surface area contributed by atoms with Crippen LogP contribution in [0.15, 0.2) is 30.3 Å². The zero-order valence-electron chi connectivity index (χ0n) is 17.3. The lowest BCUT2D eigenvalue weighted by Gasteiger charge is -2.26. The molecule has 0 aliphatic rings. The van der Waals surface area contributed by atoms with Crippen LogP contribution in [0.5, 0.6) is 28.7 Å². The second-order valence-electron chi connectivity index (χ2n) is 5.94. The number of methoxy groups -OCH3 is 6. The van der Waals surface area contributed by atoms with E-state index in [-0.39, 0.29) is 0 Å². The van der Waals surface area contributed by atoms with Gasteiger partial charge in [0, 0.05) is 11.5 Å². The van der Waals surface area contributed by atoms with Gasteiger partial charge in [0.1, 0.15) is 4.83 Å². The van der Waals surface area contributed by atoms with Crippen molar-refractivity contribution in [3.63, 3.8) is 0 Å². The third-order valence-electron chi connectivity index (χ3n) is 4.56. The molecular formula is C21H25BrO7. The minimum absolute atomic E-state index is 0.429. The first kappa shape index (κ1) is 22.7. The average Bonchev–Trinajstić information content (AvgIpc) is 2.77. The first-order valence-corrected chi connectivity index (χ1v) is 9.61. The molecule has 0 radical (unpaired) electrons. The normalized spacial score (nSPS) is 12.5.